The summed E-state index contributed by atoms with van der Waals surface area (Å²) >= 11 is 0. The number of likely N-dealkylation sites (tertiary alicyclic amines) is 1. The fourth-order valence-corrected chi connectivity index (χ4v) is 3.45. The molecule has 0 radical (unpaired) electrons. The minimum Gasteiger partial charge on any atom is -0.344 e. The Hall–Kier alpha value is -1.10. The molecule has 0 saturated carbocycles. The van der Waals surface area contributed by atoms with E-state index in [2.05, 4.69) is 24.5 Å². The number of rotatable bonds is 4. The van der Waals surface area contributed by atoms with Crippen LogP contribution in [-0.4, -0.2) is 48.9 Å². The monoisotopic (exact) mass is 295 g/mol. The van der Waals surface area contributed by atoms with Gasteiger partial charge < -0.3 is 15.5 Å². The number of nitrogens with zero attached hydrogens (tertiary/aromatic N) is 1. The number of nitrogens with one attached hydrogen (secondary N) is 2. The molecule has 2 atom stereocenters. The Morgan fingerprint density at radius 2 is 1.81 bits per heavy atom. The average Bonchev–Trinajstić information content (AvgIpc) is 2.98. The molecule has 0 aromatic heterocycles. The van der Waals surface area contributed by atoms with E-state index in [-0.39, 0.29) is 23.1 Å². The van der Waals surface area contributed by atoms with Crippen LogP contribution in [-0.2, 0) is 9.59 Å². The van der Waals surface area contributed by atoms with E-state index in [1.807, 2.05) is 11.8 Å². The molecule has 2 aliphatic rings. The van der Waals surface area contributed by atoms with Crippen LogP contribution in [0.5, 0.6) is 0 Å². The highest BCUT2D eigenvalue weighted by Gasteiger charge is 2.44. The zero-order valence-electron chi connectivity index (χ0n) is 13.6. The summed E-state index contributed by atoms with van der Waals surface area (Å²) in [7, 11) is 0. The molecule has 2 heterocycles. The predicted molar refractivity (Wildman–Crippen MR) is 82.8 cm³/mol. The van der Waals surface area contributed by atoms with Crippen molar-refractivity contribution in [2.75, 3.05) is 26.2 Å². The molecule has 0 aliphatic carbocycles. The van der Waals surface area contributed by atoms with Gasteiger partial charge in [-0.15, -0.1) is 0 Å². The molecule has 2 aliphatic heterocycles. The van der Waals surface area contributed by atoms with Crippen LogP contribution in [0.3, 0.4) is 0 Å². The van der Waals surface area contributed by atoms with Gasteiger partial charge in [0.15, 0.2) is 0 Å². The molecule has 2 fully saturated rings. The molecule has 2 amide bonds. The van der Waals surface area contributed by atoms with E-state index < -0.39 is 6.04 Å². The van der Waals surface area contributed by atoms with E-state index in [1.165, 1.54) is 6.42 Å². The maximum Gasteiger partial charge on any atom is 0.244 e. The summed E-state index contributed by atoms with van der Waals surface area (Å²) in [6, 6.07) is -0.424. The van der Waals surface area contributed by atoms with Gasteiger partial charge in [-0.2, -0.15) is 0 Å². The standard InChI is InChI=1S/C16H29N3O2/c1-12(2)16(7-8-17-11-16)15(21)18-13(3)14(20)19-9-5-4-6-10-19/h12-13,17H,4-11H2,1-3H3,(H,18,21). The van der Waals surface area contributed by atoms with E-state index in [4.69, 9.17) is 0 Å². The Balaban J connectivity index is 1.96. The molecule has 2 unspecified atom stereocenters. The maximum atomic E-state index is 12.7. The summed E-state index contributed by atoms with van der Waals surface area (Å²) in [6.45, 7) is 9.23. The number of amides is 2. The fourth-order valence-electron chi connectivity index (χ4n) is 3.45. The van der Waals surface area contributed by atoms with Crippen LogP contribution < -0.4 is 10.6 Å². The van der Waals surface area contributed by atoms with Gasteiger partial charge in [0.2, 0.25) is 11.8 Å². The third-order valence-corrected chi connectivity index (χ3v) is 5.13. The lowest BCUT2D eigenvalue weighted by Crippen LogP contribution is -2.54. The Morgan fingerprint density at radius 1 is 1.14 bits per heavy atom. The minimum absolute atomic E-state index is 0.0281. The second-order valence-corrected chi connectivity index (χ2v) is 6.82. The molecule has 2 N–H and O–H groups in total. The van der Waals surface area contributed by atoms with Gasteiger partial charge in [0.25, 0.3) is 0 Å². The topological polar surface area (TPSA) is 61.4 Å². The summed E-state index contributed by atoms with van der Waals surface area (Å²) < 4.78 is 0. The highest BCUT2D eigenvalue weighted by atomic mass is 16.2. The van der Waals surface area contributed by atoms with Crippen LogP contribution in [0, 0.1) is 11.3 Å². The van der Waals surface area contributed by atoms with Crippen molar-refractivity contribution >= 4 is 11.8 Å². The Morgan fingerprint density at radius 3 is 2.33 bits per heavy atom. The van der Waals surface area contributed by atoms with Gasteiger partial charge in [0, 0.05) is 19.6 Å². The van der Waals surface area contributed by atoms with Crippen LogP contribution in [0.2, 0.25) is 0 Å². The predicted octanol–water partition coefficient (Wildman–Crippen LogP) is 1.14. The summed E-state index contributed by atoms with van der Waals surface area (Å²) in [5.41, 5.74) is -0.365. The number of carbonyl (C=O) groups is 2. The fraction of sp³-hybridized carbons (Fsp3) is 0.875. The average molecular weight is 295 g/mol. The second kappa shape index (κ2) is 6.77. The highest BCUT2D eigenvalue weighted by molar-refractivity contribution is 5.90. The van der Waals surface area contributed by atoms with Crippen molar-refractivity contribution in [1.82, 2.24) is 15.5 Å². The lowest BCUT2D eigenvalue weighted by Gasteiger charge is -2.34. The number of hydrogen-bond acceptors (Lipinski definition) is 3. The number of carbonyl (C=O) groups excluding carboxylic acids is 2. The minimum atomic E-state index is -0.424. The molecule has 2 saturated heterocycles. The third-order valence-electron chi connectivity index (χ3n) is 5.13. The Bertz CT molecular complexity index is 383. The molecule has 0 aromatic rings. The lowest BCUT2D eigenvalue weighted by molar-refractivity contribution is -0.140. The van der Waals surface area contributed by atoms with Gasteiger partial charge in [-0.1, -0.05) is 13.8 Å². The summed E-state index contributed by atoms with van der Waals surface area (Å²) in [5.74, 6) is 0.359. The van der Waals surface area contributed by atoms with E-state index in [1.54, 1.807) is 0 Å². The molecular formula is C16H29N3O2. The molecule has 5 heteroatoms. The van der Waals surface area contributed by atoms with Crippen molar-refractivity contribution in [3.05, 3.63) is 0 Å². The third kappa shape index (κ3) is 3.39. The maximum absolute atomic E-state index is 12.7. The van der Waals surface area contributed by atoms with Gasteiger partial charge in [0.1, 0.15) is 6.04 Å². The molecule has 5 nitrogen and oxygen atoms in total. The SMILES string of the molecule is CC(NC(=O)C1(C(C)C)CCNC1)C(=O)N1CCCCC1. The summed E-state index contributed by atoms with van der Waals surface area (Å²) in [6.07, 6.45) is 4.20. The zero-order valence-corrected chi connectivity index (χ0v) is 13.6. The van der Waals surface area contributed by atoms with Crippen molar-refractivity contribution in [2.24, 2.45) is 11.3 Å². The van der Waals surface area contributed by atoms with E-state index in [0.29, 0.717) is 6.54 Å². The molecule has 2 rings (SSSR count). The molecule has 120 valence electrons. The molecule has 21 heavy (non-hydrogen) atoms. The normalized spacial score (nSPS) is 27.7. The second-order valence-electron chi connectivity index (χ2n) is 6.82. The van der Waals surface area contributed by atoms with Gasteiger partial charge in [-0.3, -0.25) is 9.59 Å². The Labute approximate surface area is 127 Å². The van der Waals surface area contributed by atoms with Crippen LogP contribution in [0.15, 0.2) is 0 Å². The van der Waals surface area contributed by atoms with Crippen molar-refractivity contribution in [3.63, 3.8) is 0 Å². The van der Waals surface area contributed by atoms with E-state index >= 15 is 0 Å². The van der Waals surface area contributed by atoms with Crippen LogP contribution in [0.25, 0.3) is 0 Å². The summed E-state index contributed by atoms with van der Waals surface area (Å²) in [5, 5.41) is 6.26. The van der Waals surface area contributed by atoms with Crippen LogP contribution in [0.4, 0.5) is 0 Å². The smallest absolute Gasteiger partial charge is 0.244 e. The highest BCUT2D eigenvalue weighted by Crippen LogP contribution is 2.34. The van der Waals surface area contributed by atoms with E-state index in [9.17, 15) is 9.59 Å². The largest absolute Gasteiger partial charge is 0.344 e. The lowest BCUT2D eigenvalue weighted by atomic mass is 9.75. The van der Waals surface area contributed by atoms with Crippen molar-refractivity contribution < 1.29 is 9.59 Å². The molecule has 0 aromatic carbocycles. The number of hydrogen-bond donors (Lipinski definition) is 2. The van der Waals surface area contributed by atoms with Gasteiger partial charge >= 0.3 is 0 Å². The first-order valence-corrected chi connectivity index (χ1v) is 8.28. The number of piperidine rings is 1. The van der Waals surface area contributed by atoms with Gasteiger partial charge in [-0.25, -0.2) is 0 Å². The van der Waals surface area contributed by atoms with Gasteiger partial charge in [0.05, 0.1) is 5.41 Å². The summed E-state index contributed by atoms with van der Waals surface area (Å²) in [4.78, 5) is 27.0. The first kappa shape index (κ1) is 16.3. The first-order valence-electron chi connectivity index (χ1n) is 8.28. The van der Waals surface area contributed by atoms with Crippen molar-refractivity contribution in [3.8, 4) is 0 Å². The van der Waals surface area contributed by atoms with E-state index in [0.717, 1.165) is 38.9 Å². The van der Waals surface area contributed by atoms with Gasteiger partial charge in [-0.05, 0) is 45.1 Å². The van der Waals surface area contributed by atoms with Crippen LogP contribution >= 0.6 is 0 Å². The molecule has 0 spiro atoms. The van der Waals surface area contributed by atoms with Crippen LogP contribution in [0.1, 0.15) is 46.5 Å². The van der Waals surface area contributed by atoms with Crippen molar-refractivity contribution in [1.29, 1.82) is 0 Å². The first-order chi connectivity index (χ1) is 9.97. The Kier molecular flexibility index (Phi) is 5.25. The van der Waals surface area contributed by atoms with Crippen molar-refractivity contribution in [2.45, 2.75) is 52.5 Å². The zero-order chi connectivity index (χ0) is 15.5. The molecule has 0 bridgehead atoms. The molecular weight excluding hydrogens is 266 g/mol. The quantitative estimate of drug-likeness (QED) is 0.817.